The normalized spacial score (nSPS) is 19.6. The molecule has 1 aliphatic rings. The number of Topliss-reactive ketones (excluding diaryl/α,β-unsaturated/α-hetero) is 1. The zero-order valence-electron chi connectivity index (χ0n) is 12.5. The van der Waals surface area contributed by atoms with E-state index in [9.17, 15) is 9.90 Å². The van der Waals surface area contributed by atoms with E-state index in [2.05, 4.69) is 23.8 Å². The smallest absolute Gasteiger partial charge is 0.213 e. The zero-order chi connectivity index (χ0) is 15.4. The maximum absolute atomic E-state index is 12.1. The second-order valence-electron chi connectivity index (χ2n) is 5.51. The fourth-order valence-electron chi connectivity index (χ4n) is 2.27. The average molecular weight is 288 g/mol. The van der Waals surface area contributed by atoms with Crippen molar-refractivity contribution in [2.45, 2.75) is 26.7 Å². The Balaban J connectivity index is 2.15. The molecule has 21 heavy (non-hydrogen) atoms. The van der Waals surface area contributed by atoms with E-state index in [1.54, 1.807) is 25.4 Å². The highest BCUT2D eigenvalue weighted by Gasteiger charge is 2.28. The first kappa shape index (κ1) is 15.2. The molecule has 0 amide bonds. The molecule has 1 unspecified atom stereocenters. The lowest BCUT2D eigenvalue weighted by Crippen LogP contribution is -2.23. The summed E-state index contributed by atoms with van der Waals surface area (Å²) in [6, 6.07) is 3.43. The van der Waals surface area contributed by atoms with Crippen molar-refractivity contribution in [2.75, 3.05) is 7.11 Å². The maximum Gasteiger partial charge on any atom is 0.213 e. The van der Waals surface area contributed by atoms with Gasteiger partial charge in [0, 0.05) is 25.1 Å². The van der Waals surface area contributed by atoms with Crippen LogP contribution in [0.2, 0.25) is 0 Å². The van der Waals surface area contributed by atoms with Crippen molar-refractivity contribution in [3.63, 3.8) is 0 Å². The van der Waals surface area contributed by atoms with Gasteiger partial charge in [0.1, 0.15) is 5.76 Å². The highest BCUT2D eigenvalue weighted by Crippen LogP contribution is 2.30. The summed E-state index contributed by atoms with van der Waals surface area (Å²) >= 11 is 0. The number of carbonyl (C=O) groups excluding carboxylic acids is 1. The van der Waals surface area contributed by atoms with Crippen LogP contribution in [0, 0.1) is 11.8 Å². The number of allylic oxidation sites excluding steroid dienone is 2. The topological polar surface area (TPSA) is 71.8 Å². The van der Waals surface area contributed by atoms with Gasteiger partial charge in [-0.25, -0.2) is 4.98 Å². The number of methoxy groups -OCH3 is 1. The number of pyridine rings is 1. The second kappa shape index (κ2) is 6.52. The van der Waals surface area contributed by atoms with Crippen molar-refractivity contribution in [1.82, 2.24) is 4.98 Å². The number of hydrogen-bond acceptors (Lipinski definition) is 5. The van der Waals surface area contributed by atoms with Crippen LogP contribution in [0.25, 0.3) is 0 Å². The van der Waals surface area contributed by atoms with Gasteiger partial charge in [0.2, 0.25) is 5.88 Å². The lowest BCUT2D eigenvalue weighted by atomic mass is 9.81. The zero-order valence-corrected chi connectivity index (χ0v) is 12.5. The van der Waals surface area contributed by atoms with Crippen molar-refractivity contribution < 1.29 is 14.6 Å². The highest BCUT2D eigenvalue weighted by atomic mass is 16.5. The minimum Gasteiger partial charge on any atom is -0.511 e. The first-order valence-corrected chi connectivity index (χ1v) is 7.00. The number of hydrogen-bond donors (Lipinski definition) is 1. The van der Waals surface area contributed by atoms with E-state index in [0.29, 0.717) is 35.9 Å². The number of nitrogens with zero attached hydrogens (tertiary/aromatic N) is 2. The fourth-order valence-corrected chi connectivity index (χ4v) is 2.27. The molecule has 1 aromatic rings. The maximum atomic E-state index is 12.1. The lowest BCUT2D eigenvalue weighted by molar-refractivity contribution is -0.117. The molecule has 2 rings (SSSR count). The number of aliphatic hydroxyl groups is 1. The van der Waals surface area contributed by atoms with Gasteiger partial charge in [0.25, 0.3) is 0 Å². The van der Waals surface area contributed by atoms with Gasteiger partial charge in [-0.2, -0.15) is 0 Å². The predicted molar refractivity (Wildman–Crippen MR) is 81.2 cm³/mol. The van der Waals surface area contributed by atoms with E-state index >= 15 is 0 Å². The van der Waals surface area contributed by atoms with Crippen molar-refractivity contribution in [2.24, 2.45) is 16.8 Å². The van der Waals surface area contributed by atoms with Gasteiger partial charge < -0.3 is 9.84 Å². The highest BCUT2D eigenvalue weighted by molar-refractivity contribution is 6.14. The van der Waals surface area contributed by atoms with Crippen LogP contribution in [-0.2, 0) is 4.79 Å². The van der Waals surface area contributed by atoms with Crippen LogP contribution in [0.1, 0.15) is 26.7 Å². The molecule has 1 aromatic heterocycles. The van der Waals surface area contributed by atoms with Crippen LogP contribution < -0.4 is 4.74 Å². The number of ether oxygens (including phenoxy) is 1. The van der Waals surface area contributed by atoms with Gasteiger partial charge in [-0.05, 0) is 17.9 Å². The molecule has 112 valence electrons. The third kappa shape index (κ3) is 3.68. The van der Waals surface area contributed by atoms with Gasteiger partial charge in [0.15, 0.2) is 5.78 Å². The van der Waals surface area contributed by atoms with Crippen molar-refractivity contribution in [3.8, 4) is 5.88 Å². The molecule has 1 atom stereocenters. The van der Waals surface area contributed by atoms with Crippen molar-refractivity contribution >= 4 is 17.7 Å². The third-order valence-corrected chi connectivity index (χ3v) is 3.73. The quantitative estimate of drug-likeness (QED) is 0.863. The molecule has 0 radical (unpaired) electrons. The first-order chi connectivity index (χ1) is 10.0. The molecule has 0 aromatic carbocycles. The molecular weight excluding hydrogens is 268 g/mol. The Kier molecular flexibility index (Phi) is 4.73. The summed E-state index contributed by atoms with van der Waals surface area (Å²) in [5.74, 6) is 1.17. The van der Waals surface area contributed by atoms with Gasteiger partial charge >= 0.3 is 0 Å². The van der Waals surface area contributed by atoms with Crippen molar-refractivity contribution in [1.29, 1.82) is 0 Å². The SMILES string of the molecule is COc1ccc(N=CC2=C(O)CC(C(C)C)CC2=O)cn1. The van der Waals surface area contributed by atoms with Gasteiger partial charge in [-0.3, -0.25) is 9.79 Å². The number of carbonyl (C=O) groups is 1. The monoisotopic (exact) mass is 288 g/mol. The lowest BCUT2D eigenvalue weighted by Gasteiger charge is -2.24. The molecule has 1 N–H and O–H groups in total. The van der Waals surface area contributed by atoms with E-state index in [4.69, 9.17) is 4.74 Å². The van der Waals surface area contributed by atoms with Gasteiger partial charge in [0.05, 0.1) is 24.6 Å². The van der Waals surface area contributed by atoms with E-state index in [1.807, 2.05) is 0 Å². The summed E-state index contributed by atoms with van der Waals surface area (Å²) in [6.45, 7) is 4.13. The van der Waals surface area contributed by atoms with E-state index in [1.165, 1.54) is 6.21 Å². The molecule has 0 bridgehead atoms. The van der Waals surface area contributed by atoms with Gasteiger partial charge in [-0.15, -0.1) is 0 Å². The van der Waals surface area contributed by atoms with Crippen LogP contribution in [0.3, 0.4) is 0 Å². The summed E-state index contributed by atoms with van der Waals surface area (Å²) in [5.41, 5.74) is 0.914. The molecule has 0 aliphatic heterocycles. The number of aromatic nitrogens is 1. The number of aliphatic imine (C=N–C) groups is 1. The Hall–Kier alpha value is -2.17. The Morgan fingerprint density at radius 2 is 2.19 bits per heavy atom. The number of rotatable bonds is 4. The first-order valence-electron chi connectivity index (χ1n) is 7.00. The molecule has 1 heterocycles. The average Bonchev–Trinajstić information content (AvgIpc) is 2.46. The standard InChI is InChI=1S/C16H20N2O3/c1-10(2)11-6-14(19)13(15(20)7-11)9-17-12-4-5-16(21-3)18-8-12/h4-5,8-11,19H,6-7H2,1-3H3. The van der Waals surface area contributed by atoms with Crippen molar-refractivity contribution in [3.05, 3.63) is 29.7 Å². The second-order valence-corrected chi connectivity index (χ2v) is 5.51. The summed E-state index contributed by atoms with van der Waals surface area (Å²) in [6.07, 6.45) is 3.98. The summed E-state index contributed by atoms with van der Waals surface area (Å²) in [4.78, 5) is 20.3. The summed E-state index contributed by atoms with van der Waals surface area (Å²) in [7, 11) is 1.54. The number of ketones is 1. The molecule has 0 saturated heterocycles. The molecule has 0 spiro atoms. The Morgan fingerprint density at radius 3 is 2.71 bits per heavy atom. The van der Waals surface area contributed by atoms with Crippen LogP contribution in [0.5, 0.6) is 5.88 Å². The largest absolute Gasteiger partial charge is 0.511 e. The third-order valence-electron chi connectivity index (χ3n) is 3.73. The molecule has 5 heteroatoms. The molecular formula is C16H20N2O3. The minimum atomic E-state index is -0.0531. The van der Waals surface area contributed by atoms with Crippen LogP contribution in [0.15, 0.2) is 34.7 Å². The van der Waals surface area contributed by atoms with Crippen LogP contribution in [0.4, 0.5) is 5.69 Å². The predicted octanol–water partition coefficient (Wildman–Crippen LogP) is 3.24. The van der Waals surface area contributed by atoms with E-state index in [0.717, 1.165) is 0 Å². The number of aliphatic hydroxyl groups excluding tert-OH is 1. The minimum absolute atomic E-state index is 0.0531. The summed E-state index contributed by atoms with van der Waals surface area (Å²) in [5, 5.41) is 10.1. The fraction of sp³-hybridized carbons (Fsp3) is 0.438. The van der Waals surface area contributed by atoms with Gasteiger partial charge in [-0.1, -0.05) is 13.8 Å². The molecule has 0 fully saturated rings. The van der Waals surface area contributed by atoms with Crippen LogP contribution >= 0.6 is 0 Å². The Bertz CT molecular complexity index is 574. The van der Waals surface area contributed by atoms with Crippen LogP contribution in [-0.4, -0.2) is 29.2 Å². The Labute approximate surface area is 124 Å². The molecule has 0 saturated carbocycles. The molecule has 1 aliphatic carbocycles. The van der Waals surface area contributed by atoms with E-state index < -0.39 is 0 Å². The summed E-state index contributed by atoms with van der Waals surface area (Å²) < 4.78 is 4.97. The molecule has 5 nitrogen and oxygen atoms in total. The van der Waals surface area contributed by atoms with E-state index in [-0.39, 0.29) is 17.5 Å². The Morgan fingerprint density at radius 1 is 1.43 bits per heavy atom.